The average molecular weight is 226 g/mol. The van der Waals surface area contributed by atoms with Crippen molar-refractivity contribution in [2.24, 2.45) is 5.92 Å². The maximum atomic E-state index is 5.75. The standard InChI is InChI=1S/C14H26O2/c1-11(13-9-7-6-8-10-13)15-12(2)16-14(3,4)5/h12-13H,1,6-10H2,2-5H3. The molecule has 1 aliphatic carbocycles. The van der Waals surface area contributed by atoms with Crippen molar-refractivity contribution in [3.05, 3.63) is 12.3 Å². The molecule has 0 amide bonds. The van der Waals surface area contributed by atoms with Crippen LogP contribution < -0.4 is 0 Å². The Morgan fingerprint density at radius 3 is 2.25 bits per heavy atom. The zero-order valence-electron chi connectivity index (χ0n) is 11.2. The first-order valence-corrected chi connectivity index (χ1v) is 6.42. The van der Waals surface area contributed by atoms with Gasteiger partial charge in [-0.3, -0.25) is 0 Å². The first-order chi connectivity index (χ1) is 7.38. The molecular formula is C14H26O2. The monoisotopic (exact) mass is 226 g/mol. The van der Waals surface area contributed by atoms with Crippen molar-refractivity contribution in [1.82, 2.24) is 0 Å². The van der Waals surface area contributed by atoms with Gasteiger partial charge in [0.05, 0.1) is 11.4 Å². The van der Waals surface area contributed by atoms with Gasteiger partial charge in [0.15, 0.2) is 6.29 Å². The lowest BCUT2D eigenvalue weighted by atomic mass is 9.88. The van der Waals surface area contributed by atoms with Crippen LogP contribution in [-0.4, -0.2) is 11.9 Å². The summed E-state index contributed by atoms with van der Waals surface area (Å²) in [4.78, 5) is 0. The minimum atomic E-state index is -0.200. The van der Waals surface area contributed by atoms with Gasteiger partial charge in [-0.15, -0.1) is 0 Å². The van der Waals surface area contributed by atoms with Crippen LogP contribution in [0.1, 0.15) is 59.8 Å². The van der Waals surface area contributed by atoms with Gasteiger partial charge >= 0.3 is 0 Å². The van der Waals surface area contributed by atoms with E-state index in [1.165, 1.54) is 32.1 Å². The van der Waals surface area contributed by atoms with Gasteiger partial charge in [0.2, 0.25) is 0 Å². The van der Waals surface area contributed by atoms with Crippen LogP contribution in [0, 0.1) is 5.92 Å². The van der Waals surface area contributed by atoms with Crippen molar-refractivity contribution in [3.63, 3.8) is 0 Å². The van der Waals surface area contributed by atoms with Crippen molar-refractivity contribution in [2.75, 3.05) is 0 Å². The Kier molecular flexibility index (Phi) is 4.85. The minimum absolute atomic E-state index is 0.160. The van der Waals surface area contributed by atoms with Crippen LogP contribution in [0.3, 0.4) is 0 Å². The third-order valence-electron chi connectivity index (χ3n) is 2.90. The first-order valence-electron chi connectivity index (χ1n) is 6.42. The molecule has 0 spiro atoms. The Hall–Kier alpha value is -0.500. The lowest BCUT2D eigenvalue weighted by Gasteiger charge is -2.29. The minimum Gasteiger partial charge on any atom is -0.470 e. The Balaban J connectivity index is 2.32. The van der Waals surface area contributed by atoms with E-state index in [9.17, 15) is 0 Å². The molecule has 1 fully saturated rings. The first kappa shape index (κ1) is 13.6. The SMILES string of the molecule is C=C(OC(C)OC(C)(C)C)C1CCCCC1. The number of hydrogen-bond acceptors (Lipinski definition) is 2. The topological polar surface area (TPSA) is 18.5 Å². The fourth-order valence-corrected chi connectivity index (χ4v) is 2.26. The summed E-state index contributed by atoms with van der Waals surface area (Å²) in [5.74, 6) is 1.45. The van der Waals surface area contributed by atoms with Gasteiger partial charge in [0.25, 0.3) is 0 Å². The maximum absolute atomic E-state index is 5.75. The quantitative estimate of drug-likeness (QED) is 0.527. The lowest BCUT2D eigenvalue weighted by molar-refractivity contribution is -0.170. The molecule has 0 radical (unpaired) electrons. The van der Waals surface area contributed by atoms with E-state index in [2.05, 4.69) is 6.58 Å². The summed E-state index contributed by atoms with van der Waals surface area (Å²) in [6.45, 7) is 12.1. The van der Waals surface area contributed by atoms with Gasteiger partial charge in [-0.1, -0.05) is 25.8 Å². The third kappa shape index (κ3) is 5.02. The van der Waals surface area contributed by atoms with Gasteiger partial charge in [0.1, 0.15) is 0 Å². The van der Waals surface area contributed by atoms with Crippen LogP contribution in [0.15, 0.2) is 12.3 Å². The molecule has 0 aliphatic heterocycles. The summed E-state index contributed by atoms with van der Waals surface area (Å²) in [6.07, 6.45) is 6.22. The van der Waals surface area contributed by atoms with Gasteiger partial charge in [-0.2, -0.15) is 0 Å². The van der Waals surface area contributed by atoms with E-state index in [0.717, 1.165) is 5.76 Å². The normalized spacial score (nSPS) is 20.5. The van der Waals surface area contributed by atoms with E-state index in [-0.39, 0.29) is 11.9 Å². The molecule has 0 aromatic carbocycles. The van der Waals surface area contributed by atoms with Crippen molar-refractivity contribution >= 4 is 0 Å². The smallest absolute Gasteiger partial charge is 0.197 e. The molecule has 2 heteroatoms. The third-order valence-corrected chi connectivity index (χ3v) is 2.90. The molecule has 0 N–H and O–H groups in total. The van der Waals surface area contributed by atoms with Crippen molar-refractivity contribution < 1.29 is 9.47 Å². The van der Waals surface area contributed by atoms with Gasteiger partial charge in [0, 0.05) is 5.92 Å². The summed E-state index contributed by atoms with van der Waals surface area (Å²) in [7, 11) is 0. The highest BCUT2D eigenvalue weighted by Crippen LogP contribution is 2.30. The second kappa shape index (κ2) is 5.72. The summed E-state index contributed by atoms with van der Waals surface area (Å²) in [6, 6.07) is 0. The predicted molar refractivity (Wildman–Crippen MR) is 67.1 cm³/mol. The number of allylic oxidation sites excluding steroid dienone is 1. The van der Waals surface area contributed by atoms with E-state index in [1.807, 2.05) is 27.7 Å². The number of ether oxygens (including phenoxy) is 2. The molecule has 1 unspecified atom stereocenters. The van der Waals surface area contributed by atoms with Crippen LogP contribution in [-0.2, 0) is 9.47 Å². The summed E-state index contributed by atoms with van der Waals surface area (Å²) in [5, 5.41) is 0. The second-order valence-corrected chi connectivity index (χ2v) is 5.72. The molecule has 2 nitrogen and oxygen atoms in total. The summed E-state index contributed by atoms with van der Waals surface area (Å²) in [5.41, 5.74) is -0.160. The zero-order chi connectivity index (χ0) is 12.2. The molecule has 0 bridgehead atoms. The second-order valence-electron chi connectivity index (χ2n) is 5.72. The molecule has 94 valence electrons. The Morgan fingerprint density at radius 2 is 1.75 bits per heavy atom. The van der Waals surface area contributed by atoms with E-state index >= 15 is 0 Å². The highest BCUT2D eigenvalue weighted by molar-refractivity contribution is 4.93. The fraction of sp³-hybridized carbons (Fsp3) is 0.857. The molecule has 0 saturated heterocycles. The van der Waals surface area contributed by atoms with E-state index in [4.69, 9.17) is 9.47 Å². The van der Waals surface area contributed by atoms with Gasteiger partial charge in [-0.25, -0.2) is 0 Å². The van der Waals surface area contributed by atoms with E-state index in [0.29, 0.717) is 5.92 Å². The Labute approximate surface area is 100 Å². The highest BCUT2D eigenvalue weighted by atomic mass is 16.7. The molecule has 1 saturated carbocycles. The Morgan fingerprint density at radius 1 is 1.19 bits per heavy atom. The predicted octanol–water partition coefficient (Wildman–Crippen LogP) is 4.26. The fourth-order valence-electron chi connectivity index (χ4n) is 2.26. The Bertz CT molecular complexity index is 221. The molecule has 1 rings (SSSR count). The molecular weight excluding hydrogens is 200 g/mol. The van der Waals surface area contributed by atoms with Crippen LogP contribution in [0.5, 0.6) is 0 Å². The van der Waals surface area contributed by atoms with Crippen molar-refractivity contribution in [2.45, 2.75) is 71.7 Å². The van der Waals surface area contributed by atoms with Crippen LogP contribution >= 0.6 is 0 Å². The molecule has 0 aromatic rings. The van der Waals surface area contributed by atoms with Crippen LogP contribution in [0.2, 0.25) is 0 Å². The highest BCUT2D eigenvalue weighted by Gasteiger charge is 2.21. The maximum Gasteiger partial charge on any atom is 0.197 e. The van der Waals surface area contributed by atoms with Crippen molar-refractivity contribution in [1.29, 1.82) is 0 Å². The zero-order valence-corrected chi connectivity index (χ0v) is 11.2. The van der Waals surface area contributed by atoms with E-state index < -0.39 is 0 Å². The summed E-state index contributed by atoms with van der Waals surface area (Å²) < 4.78 is 11.5. The van der Waals surface area contributed by atoms with Crippen LogP contribution in [0.4, 0.5) is 0 Å². The van der Waals surface area contributed by atoms with Gasteiger partial charge < -0.3 is 9.47 Å². The molecule has 1 aliphatic rings. The molecule has 0 aromatic heterocycles. The summed E-state index contributed by atoms with van der Waals surface area (Å²) >= 11 is 0. The van der Waals surface area contributed by atoms with Gasteiger partial charge in [-0.05, 0) is 40.5 Å². The molecule has 16 heavy (non-hydrogen) atoms. The molecule has 1 atom stereocenters. The average Bonchev–Trinajstić information content (AvgIpc) is 2.16. The van der Waals surface area contributed by atoms with Crippen molar-refractivity contribution in [3.8, 4) is 0 Å². The largest absolute Gasteiger partial charge is 0.470 e. The number of rotatable bonds is 4. The lowest BCUT2D eigenvalue weighted by Crippen LogP contribution is -2.28. The van der Waals surface area contributed by atoms with Crippen LogP contribution in [0.25, 0.3) is 0 Å². The molecule has 0 heterocycles. The van der Waals surface area contributed by atoms with E-state index in [1.54, 1.807) is 0 Å². The number of hydrogen-bond donors (Lipinski definition) is 0.